The lowest BCUT2D eigenvalue weighted by Gasteiger charge is -2.19. The number of imide groups is 1. The van der Waals surface area contributed by atoms with Crippen molar-refractivity contribution in [2.45, 2.75) is 32.8 Å². The molecule has 0 radical (unpaired) electrons. The molecule has 1 N–H and O–H groups in total. The molecule has 0 fully saturated rings. The summed E-state index contributed by atoms with van der Waals surface area (Å²) >= 11 is 4.92. The minimum absolute atomic E-state index is 0.210. The number of rotatable bonds is 3. The maximum atomic E-state index is 11.3. The summed E-state index contributed by atoms with van der Waals surface area (Å²) in [5.74, 6) is 0. The van der Waals surface area contributed by atoms with Crippen molar-refractivity contribution in [3.8, 4) is 0 Å². The average molecular weight is 350 g/mol. The molecular formula is C12H16BrNO4S. The fraction of sp³-hybridized carbons (Fsp3) is 0.500. The molecule has 0 atom stereocenters. The van der Waals surface area contributed by atoms with Gasteiger partial charge in [0.25, 0.3) is 0 Å². The molecule has 0 aromatic carbocycles. The summed E-state index contributed by atoms with van der Waals surface area (Å²) in [5.41, 5.74) is -0.645. The largest absolute Gasteiger partial charge is 0.449 e. The summed E-state index contributed by atoms with van der Waals surface area (Å²) in [5, 5.41) is 3.95. The van der Waals surface area contributed by atoms with Crippen molar-refractivity contribution < 1.29 is 19.1 Å². The molecule has 0 aliphatic heterocycles. The van der Waals surface area contributed by atoms with Crippen molar-refractivity contribution >= 4 is 39.5 Å². The summed E-state index contributed by atoms with van der Waals surface area (Å²) in [6.07, 6.45) is -1.00. The third kappa shape index (κ3) is 7.17. The van der Waals surface area contributed by atoms with Crippen LogP contribution in [-0.4, -0.2) is 24.4 Å². The highest BCUT2D eigenvalue weighted by Crippen LogP contribution is 2.19. The quantitative estimate of drug-likeness (QED) is 0.903. The first-order valence-corrected chi connectivity index (χ1v) is 7.33. The number of amides is 2. The van der Waals surface area contributed by atoms with E-state index < -0.39 is 17.8 Å². The predicted molar refractivity (Wildman–Crippen MR) is 76.4 cm³/mol. The minimum Gasteiger partial charge on any atom is -0.449 e. The molecule has 2 amide bonds. The van der Waals surface area contributed by atoms with E-state index in [1.54, 1.807) is 32.1 Å². The topological polar surface area (TPSA) is 64.6 Å². The van der Waals surface area contributed by atoms with Crippen LogP contribution in [-0.2, 0) is 15.9 Å². The number of thiophene rings is 1. The van der Waals surface area contributed by atoms with Crippen LogP contribution in [0.1, 0.15) is 25.6 Å². The van der Waals surface area contributed by atoms with Gasteiger partial charge in [-0.1, -0.05) is 0 Å². The molecule has 0 saturated carbocycles. The van der Waals surface area contributed by atoms with Crippen LogP contribution < -0.4 is 5.32 Å². The van der Waals surface area contributed by atoms with Gasteiger partial charge in [0.1, 0.15) is 5.60 Å². The Morgan fingerprint density at radius 1 is 1.37 bits per heavy atom. The second-order valence-corrected chi connectivity index (χ2v) is 6.66. The maximum absolute atomic E-state index is 11.3. The summed E-state index contributed by atoms with van der Waals surface area (Å²) in [6, 6.07) is 1.96. The Hall–Kier alpha value is -1.08. The predicted octanol–water partition coefficient (Wildman–Crippen LogP) is 3.71. The fourth-order valence-corrected chi connectivity index (χ4v) is 2.59. The first kappa shape index (κ1) is 16.0. The highest BCUT2D eigenvalue weighted by atomic mass is 79.9. The summed E-state index contributed by atoms with van der Waals surface area (Å²) in [7, 11) is 0. The monoisotopic (exact) mass is 349 g/mol. The van der Waals surface area contributed by atoms with Crippen molar-refractivity contribution in [1.82, 2.24) is 5.32 Å². The standard InChI is InChI=1S/C12H16BrNO4S/c1-12(2,3)18-11(16)14-10(15)17-5-4-9-6-8(13)7-19-9/h6-7H,4-5H2,1-3H3,(H,14,15,16). The highest BCUT2D eigenvalue weighted by Gasteiger charge is 2.18. The van der Waals surface area contributed by atoms with E-state index in [9.17, 15) is 9.59 Å². The minimum atomic E-state index is -0.809. The van der Waals surface area contributed by atoms with E-state index in [0.29, 0.717) is 6.42 Å². The SMILES string of the molecule is CC(C)(C)OC(=O)NC(=O)OCCc1cc(Br)cs1. The molecule has 0 aliphatic carbocycles. The van der Waals surface area contributed by atoms with Crippen LogP contribution in [0.2, 0.25) is 0 Å². The van der Waals surface area contributed by atoms with Gasteiger partial charge >= 0.3 is 12.2 Å². The van der Waals surface area contributed by atoms with Gasteiger partial charge in [-0.05, 0) is 42.8 Å². The van der Waals surface area contributed by atoms with E-state index in [2.05, 4.69) is 15.9 Å². The lowest BCUT2D eigenvalue weighted by Crippen LogP contribution is -2.36. The van der Waals surface area contributed by atoms with Crippen LogP contribution >= 0.6 is 27.3 Å². The Morgan fingerprint density at radius 2 is 2.05 bits per heavy atom. The lowest BCUT2D eigenvalue weighted by molar-refractivity contribution is 0.0511. The molecule has 1 heterocycles. The van der Waals surface area contributed by atoms with E-state index in [-0.39, 0.29) is 6.61 Å². The summed E-state index contributed by atoms with van der Waals surface area (Å²) in [4.78, 5) is 23.7. The third-order valence-corrected chi connectivity index (χ3v) is 3.56. The zero-order valence-electron chi connectivity index (χ0n) is 11.0. The average Bonchev–Trinajstić information content (AvgIpc) is 2.60. The normalized spacial score (nSPS) is 10.9. The third-order valence-electron chi connectivity index (χ3n) is 1.81. The summed E-state index contributed by atoms with van der Waals surface area (Å²) in [6.45, 7) is 5.35. The first-order valence-electron chi connectivity index (χ1n) is 5.66. The van der Waals surface area contributed by atoms with Crippen molar-refractivity contribution in [2.24, 2.45) is 0 Å². The molecule has 0 unspecified atom stereocenters. The number of halogens is 1. The van der Waals surface area contributed by atoms with E-state index in [0.717, 1.165) is 9.35 Å². The number of nitrogens with one attached hydrogen (secondary N) is 1. The van der Waals surface area contributed by atoms with Crippen molar-refractivity contribution in [3.05, 3.63) is 20.8 Å². The van der Waals surface area contributed by atoms with Gasteiger partial charge in [-0.2, -0.15) is 0 Å². The molecule has 0 bridgehead atoms. The van der Waals surface area contributed by atoms with E-state index in [4.69, 9.17) is 9.47 Å². The molecule has 19 heavy (non-hydrogen) atoms. The summed E-state index contributed by atoms with van der Waals surface area (Å²) < 4.78 is 10.8. The molecule has 1 aromatic heterocycles. The van der Waals surface area contributed by atoms with Crippen molar-refractivity contribution in [1.29, 1.82) is 0 Å². The Bertz CT molecular complexity index is 453. The van der Waals surface area contributed by atoms with Gasteiger partial charge in [-0.15, -0.1) is 11.3 Å². The maximum Gasteiger partial charge on any atom is 0.417 e. The van der Waals surface area contributed by atoms with Crippen LogP contribution in [0.5, 0.6) is 0 Å². The van der Waals surface area contributed by atoms with Crippen molar-refractivity contribution in [3.63, 3.8) is 0 Å². The lowest BCUT2D eigenvalue weighted by atomic mass is 10.2. The molecule has 106 valence electrons. The number of alkyl carbamates (subject to hydrolysis) is 2. The molecule has 0 aliphatic rings. The van der Waals surface area contributed by atoms with Crippen molar-refractivity contribution in [2.75, 3.05) is 6.61 Å². The van der Waals surface area contributed by atoms with Crippen LogP contribution in [0, 0.1) is 0 Å². The second-order valence-electron chi connectivity index (χ2n) is 4.74. The Morgan fingerprint density at radius 3 is 2.58 bits per heavy atom. The Labute approximate surface area is 124 Å². The van der Waals surface area contributed by atoms with E-state index in [1.807, 2.05) is 16.8 Å². The molecule has 7 heteroatoms. The number of hydrogen-bond acceptors (Lipinski definition) is 5. The molecule has 1 rings (SSSR count). The van der Waals surface area contributed by atoms with Gasteiger partial charge in [0, 0.05) is 21.2 Å². The zero-order valence-corrected chi connectivity index (χ0v) is 13.4. The van der Waals surface area contributed by atoms with Crippen LogP contribution in [0.15, 0.2) is 15.9 Å². The Balaban J connectivity index is 2.23. The van der Waals surface area contributed by atoms with Crippen LogP contribution in [0.4, 0.5) is 9.59 Å². The number of carbonyl (C=O) groups excluding carboxylic acids is 2. The molecule has 1 aromatic rings. The van der Waals surface area contributed by atoms with E-state index in [1.165, 1.54) is 0 Å². The molecule has 0 spiro atoms. The van der Waals surface area contributed by atoms with Gasteiger partial charge in [-0.25, -0.2) is 14.9 Å². The van der Waals surface area contributed by atoms with Gasteiger partial charge in [0.05, 0.1) is 6.61 Å². The number of carbonyl (C=O) groups is 2. The highest BCUT2D eigenvalue weighted by molar-refractivity contribution is 9.10. The second kappa shape index (κ2) is 6.91. The van der Waals surface area contributed by atoms with E-state index >= 15 is 0 Å². The zero-order chi connectivity index (χ0) is 14.5. The smallest absolute Gasteiger partial charge is 0.417 e. The Kier molecular flexibility index (Phi) is 5.81. The van der Waals surface area contributed by atoms with Crippen LogP contribution in [0.25, 0.3) is 0 Å². The molecule has 5 nitrogen and oxygen atoms in total. The van der Waals surface area contributed by atoms with Gasteiger partial charge < -0.3 is 9.47 Å². The fourth-order valence-electron chi connectivity index (χ4n) is 1.15. The molecular weight excluding hydrogens is 334 g/mol. The van der Waals surface area contributed by atoms with Gasteiger partial charge in [0.15, 0.2) is 0 Å². The molecule has 0 saturated heterocycles. The van der Waals surface area contributed by atoms with Gasteiger partial charge in [-0.3, -0.25) is 0 Å². The van der Waals surface area contributed by atoms with Gasteiger partial charge in [0.2, 0.25) is 0 Å². The number of hydrogen-bond donors (Lipinski definition) is 1. The number of ether oxygens (including phenoxy) is 2. The van der Waals surface area contributed by atoms with Crippen LogP contribution in [0.3, 0.4) is 0 Å². The first-order chi connectivity index (χ1) is 8.76.